The molecule has 68 valence electrons. The van der Waals surface area contributed by atoms with E-state index in [9.17, 15) is 4.79 Å². The first-order valence-electron chi connectivity index (χ1n) is 4.12. The second-order valence-electron chi connectivity index (χ2n) is 3.36. The highest BCUT2D eigenvalue weighted by atomic mass is 35.5. The molecule has 0 N–H and O–H groups in total. The van der Waals surface area contributed by atoms with Gasteiger partial charge in [0.05, 0.1) is 10.0 Å². The van der Waals surface area contributed by atoms with Gasteiger partial charge in [0.15, 0.2) is 5.78 Å². The summed E-state index contributed by atoms with van der Waals surface area (Å²) >= 11 is 11.8. The van der Waals surface area contributed by atoms with Crippen molar-refractivity contribution in [1.82, 2.24) is 0 Å². The summed E-state index contributed by atoms with van der Waals surface area (Å²) in [7, 11) is 0. The summed E-state index contributed by atoms with van der Waals surface area (Å²) in [5, 5.41) is 0.872. The van der Waals surface area contributed by atoms with Crippen molar-refractivity contribution in [3.8, 4) is 0 Å². The quantitative estimate of drug-likeness (QED) is 0.648. The summed E-state index contributed by atoms with van der Waals surface area (Å²) in [5.74, 6) is 0.161. The molecule has 0 saturated heterocycles. The monoisotopic (exact) mass is 214 g/mol. The Labute approximate surface area is 86.7 Å². The third-order valence-corrected chi connectivity index (χ3v) is 3.21. The molecule has 1 aromatic rings. The zero-order valence-electron chi connectivity index (χ0n) is 7.10. The minimum absolute atomic E-state index is 0.0472. The largest absolute Gasteiger partial charge is 0.294 e. The van der Waals surface area contributed by atoms with Crippen LogP contribution in [0.2, 0.25) is 10.0 Å². The molecule has 0 heterocycles. The number of Topliss-reactive ketones (excluding diaryl/α,β-unsaturated/α-hetero) is 1. The standard InChI is InChI=1S/C10H8Cl2O/c1-5-4-6-2-3-7(11)9(12)8(6)10(5)13/h2-3,5H,4H2,1H3. The Morgan fingerprint density at radius 1 is 1.38 bits per heavy atom. The van der Waals surface area contributed by atoms with Crippen LogP contribution in [0, 0.1) is 5.92 Å². The van der Waals surface area contributed by atoms with E-state index in [4.69, 9.17) is 23.2 Å². The fourth-order valence-corrected chi connectivity index (χ4v) is 2.13. The fourth-order valence-electron chi connectivity index (χ4n) is 1.70. The zero-order valence-corrected chi connectivity index (χ0v) is 8.62. The lowest BCUT2D eigenvalue weighted by Gasteiger charge is -2.01. The van der Waals surface area contributed by atoms with Gasteiger partial charge in [-0.25, -0.2) is 0 Å². The van der Waals surface area contributed by atoms with E-state index in [1.807, 2.05) is 13.0 Å². The number of hydrogen-bond acceptors (Lipinski definition) is 1. The summed E-state index contributed by atoms with van der Waals surface area (Å²) in [4.78, 5) is 11.6. The van der Waals surface area contributed by atoms with Gasteiger partial charge in [0.25, 0.3) is 0 Å². The van der Waals surface area contributed by atoms with Crippen molar-refractivity contribution >= 4 is 29.0 Å². The number of hydrogen-bond donors (Lipinski definition) is 0. The van der Waals surface area contributed by atoms with Crippen LogP contribution in [0.1, 0.15) is 22.8 Å². The van der Waals surface area contributed by atoms with Gasteiger partial charge in [-0.3, -0.25) is 4.79 Å². The minimum Gasteiger partial charge on any atom is -0.294 e. The highest BCUT2D eigenvalue weighted by Gasteiger charge is 2.29. The number of carbonyl (C=O) groups is 1. The molecular weight excluding hydrogens is 207 g/mol. The lowest BCUT2D eigenvalue weighted by atomic mass is 10.1. The topological polar surface area (TPSA) is 17.1 Å². The number of rotatable bonds is 0. The van der Waals surface area contributed by atoms with Crippen molar-refractivity contribution < 1.29 is 4.79 Å². The van der Waals surface area contributed by atoms with Gasteiger partial charge in [-0.15, -0.1) is 0 Å². The molecule has 3 heteroatoms. The van der Waals surface area contributed by atoms with Gasteiger partial charge < -0.3 is 0 Å². The lowest BCUT2D eigenvalue weighted by molar-refractivity contribution is 0.0946. The molecule has 0 saturated carbocycles. The summed E-state index contributed by atoms with van der Waals surface area (Å²) < 4.78 is 0. The first kappa shape index (κ1) is 9.04. The minimum atomic E-state index is 0.0472. The van der Waals surface area contributed by atoms with Crippen LogP contribution in [-0.2, 0) is 6.42 Å². The van der Waals surface area contributed by atoms with E-state index in [-0.39, 0.29) is 11.7 Å². The van der Waals surface area contributed by atoms with Crippen molar-refractivity contribution in [2.24, 2.45) is 5.92 Å². The lowest BCUT2D eigenvalue weighted by Crippen LogP contribution is -2.03. The summed E-state index contributed by atoms with van der Waals surface area (Å²) in [6, 6.07) is 3.62. The van der Waals surface area contributed by atoms with E-state index in [0.29, 0.717) is 15.6 Å². The van der Waals surface area contributed by atoms with Gasteiger partial charge in [-0.05, 0) is 18.1 Å². The molecule has 1 aliphatic rings. The molecule has 0 bridgehead atoms. The van der Waals surface area contributed by atoms with Crippen molar-refractivity contribution in [2.75, 3.05) is 0 Å². The van der Waals surface area contributed by atoms with Gasteiger partial charge in [-0.1, -0.05) is 36.2 Å². The molecule has 0 fully saturated rings. The van der Waals surface area contributed by atoms with E-state index < -0.39 is 0 Å². The molecule has 1 nitrogen and oxygen atoms in total. The highest BCUT2D eigenvalue weighted by molar-refractivity contribution is 6.44. The van der Waals surface area contributed by atoms with Crippen molar-refractivity contribution in [2.45, 2.75) is 13.3 Å². The van der Waals surface area contributed by atoms with Crippen LogP contribution >= 0.6 is 23.2 Å². The Balaban J connectivity index is 2.66. The Morgan fingerprint density at radius 3 is 2.77 bits per heavy atom. The fraction of sp³-hybridized carbons (Fsp3) is 0.300. The summed E-state index contributed by atoms with van der Waals surface area (Å²) in [5.41, 5.74) is 1.65. The average molecular weight is 215 g/mol. The van der Waals surface area contributed by atoms with Crippen LogP contribution in [0.3, 0.4) is 0 Å². The molecule has 1 aliphatic carbocycles. The maximum atomic E-state index is 11.6. The van der Waals surface area contributed by atoms with E-state index in [0.717, 1.165) is 12.0 Å². The van der Waals surface area contributed by atoms with Gasteiger partial charge >= 0.3 is 0 Å². The molecule has 1 aromatic carbocycles. The van der Waals surface area contributed by atoms with E-state index >= 15 is 0 Å². The molecule has 0 amide bonds. The molecule has 1 unspecified atom stereocenters. The van der Waals surface area contributed by atoms with Crippen LogP contribution in [-0.4, -0.2) is 5.78 Å². The zero-order chi connectivity index (χ0) is 9.59. The highest BCUT2D eigenvalue weighted by Crippen LogP contribution is 2.36. The second kappa shape index (κ2) is 3.00. The van der Waals surface area contributed by atoms with Crippen LogP contribution in [0.25, 0.3) is 0 Å². The molecule has 0 radical (unpaired) electrons. The number of ketones is 1. The summed E-state index contributed by atoms with van der Waals surface area (Å²) in [6.45, 7) is 1.91. The van der Waals surface area contributed by atoms with Crippen molar-refractivity contribution in [3.05, 3.63) is 33.3 Å². The van der Waals surface area contributed by atoms with Gasteiger partial charge in [0.2, 0.25) is 0 Å². The SMILES string of the molecule is CC1Cc2ccc(Cl)c(Cl)c2C1=O. The van der Waals surface area contributed by atoms with Crippen LogP contribution in [0.5, 0.6) is 0 Å². The number of halogens is 2. The maximum Gasteiger partial charge on any atom is 0.167 e. The van der Waals surface area contributed by atoms with E-state index in [1.165, 1.54) is 0 Å². The average Bonchev–Trinajstić information content (AvgIpc) is 2.37. The van der Waals surface area contributed by atoms with Crippen LogP contribution in [0.4, 0.5) is 0 Å². The van der Waals surface area contributed by atoms with Crippen LogP contribution < -0.4 is 0 Å². The van der Waals surface area contributed by atoms with E-state index in [1.54, 1.807) is 6.07 Å². The Morgan fingerprint density at radius 2 is 2.08 bits per heavy atom. The van der Waals surface area contributed by atoms with Crippen molar-refractivity contribution in [3.63, 3.8) is 0 Å². The van der Waals surface area contributed by atoms with Gasteiger partial charge in [0.1, 0.15) is 0 Å². The maximum absolute atomic E-state index is 11.6. The first-order chi connectivity index (χ1) is 6.11. The summed E-state index contributed by atoms with van der Waals surface area (Å²) in [6.07, 6.45) is 0.783. The van der Waals surface area contributed by atoms with Crippen LogP contribution in [0.15, 0.2) is 12.1 Å². The van der Waals surface area contributed by atoms with E-state index in [2.05, 4.69) is 0 Å². The molecule has 0 spiro atoms. The Kier molecular flexibility index (Phi) is 2.09. The number of benzene rings is 1. The molecule has 2 rings (SSSR count). The predicted molar refractivity (Wildman–Crippen MR) is 53.7 cm³/mol. The Bertz CT molecular complexity index is 385. The van der Waals surface area contributed by atoms with Gasteiger partial charge in [-0.2, -0.15) is 0 Å². The molecule has 0 aromatic heterocycles. The third-order valence-electron chi connectivity index (χ3n) is 2.40. The second-order valence-corrected chi connectivity index (χ2v) is 4.15. The van der Waals surface area contributed by atoms with Crippen molar-refractivity contribution in [1.29, 1.82) is 0 Å². The molecular formula is C10H8Cl2O. The Hall–Kier alpha value is -0.530. The molecule has 1 atom stereocenters. The van der Waals surface area contributed by atoms with Gasteiger partial charge in [0, 0.05) is 11.5 Å². The molecule has 0 aliphatic heterocycles. The third kappa shape index (κ3) is 1.27. The smallest absolute Gasteiger partial charge is 0.167 e. The normalized spacial score (nSPS) is 20.5. The predicted octanol–water partition coefficient (Wildman–Crippen LogP) is 3.37. The number of fused-ring (bicyclic) bond motifs is 1. The first-order valence-corrected chi connectivity index (χ1v) is 4.88. The number of carbonyl (C=O) groups excluding carboxylic acids is 1. The molecule has 13 heavy (non-hydrogen) atoms.